The molecule has 0 heterocycles. The van der Waals surface area contributed by atoms with Gasteiger partial charge >= 0.3 is 0 Å². The molecule has 4 nitrogen and oxygen atoms in total. The van der Waals surface area contributed by atoms with Gasteiger partial charge in [0.15, 0.2) is 6.61 Å². The number of carbonyl (C=O) groups is 1. The van der Waals surface area contributed by atoms with Crippen LogP contribution in [0.5, 0.6) is 5.75 Å². The molecule has 0 aromatic heterocycles. The third-order valence-electron chi connectivity index (χ3n) is 3.60. The van der Waals surface area contributed by atoms with Crippen LogP contribution in [0.3, 0.4) is 0 Å². The Hall–Kier alpha value is -2.03. The minimum absolute atomic E-state index is 0.0829. The Morgan fingerprint density at radius 3 is 2.64 bits per heavy atom. The van der Waals surface area contributed by atoms with Crippen LogP contribution < -0.4 is 4.74 Å². The molecule has 25 heavy (non-hydrogen) atoms. The average molecular weight is 422 g/mol. The van der Waals surface area contributed by atoms with Crippen molar-refractivity contribution in [2.24, 2.45) is 0 Å². The van der Waals surface area contributed by atoms with Crippen molar-refractivity contribution in [2.75, 3.05) is 19.7 Å². The SMILES string of the molecule is N#CCCN(CCc1ccccc1)C(=O)COc1ccc(Cl)cc1Br. The molecule has 0 aliphatic heterocycles. The quantitative estimate of drug-likeness (QED) is 0.632. The second kappa shape index (κ2) is 10.1. The van der Waals surface area contributed by atoms with Crippen LogP contribution in [0, 0.1) is 11.3 Å². The lowest BCUT2D eigenvalue weighted by Crippen LogP contribution is -2.37. The highest BCUT2D eigenvalue weighted by molar-refractivity contribution is 9.10. The van der Waals surface area contributed by atoms with Gasteiger partial charge < -0.3 is 9.64 Å². The second-order valence-electron chi connectivity index (χ2n) is 5.39. The number of carbonyl (C=O) groups excluding carboxylic acids is 1. The Balaban J connectivity index is 1.93. The van der Waals surface area contributed by atoms with Gasteiger partial charge in [0.05, 0.1) is 17.0 Å². The topological polar surface area (TPSA) is 53.3 Å². The molecule has 0 aliphatic rings. The zero-order chi connectivity index (χ0) is 18.1. The number of amides is 1. The third kappa shape index (κ3) is 6.41. The van der Waals surface area contributed by atoms with E-state index in [1.807, 2.05) is 30.3 Å². The Morgan fingerprint density at radius 2 is 1.96 bits per heavy atom. The van der Waals surface area contributed by atoms with Crippen LogP contribution in [0.1, 0.15) is 12.0 Å². The molecule has 0 saturated heterocycles. The fourth-order valence-corrected chi connectivity index (χ4v) is 3.08. The zero-order valence-corrected chi connectivity index (χ0v) is 16.0. The largest absolute Gasteiger partial charge is 0.483 e. The smallest absolute Gasteiger partial charge is 0.260 e. The molecule has 0 radical (unpaired) electrons. The van der Waals surface area contributed by atoms with Gasteiger partial charge in [-0.15, -0.1) is 0 Å². The fourth-order valence-electron chi connectivity index (χ4n) is 2.28. The summed E-state index contributed by atoms with van der Waals surface area (Å²) >= 11 is 9.26. The third-order valence-corrected chi connectivity index (χ3v) is 4.46. The predicted octanol–water partition coefficient (Wildman–Crippen LogP) is 4.47. The van der Waals surface area contributed by atoms with Gasteiger partial charge in [0.25, 0.3) is 5.91 Å². The number of rotatable bonds is 8. The van der Waals surface area contributed by atoms with Crippen LogP contribution in [0.15, 0.2) is 53.0 Å². The van der Waals surface area contributed by atoms with E-state index in [1.165, 1.54) is 0 Å². The fraction of sp³-hybridized carbons (Fsp3) is 0.263. The molecule has 130 valence electrons. The van der Waals surface area contributed by atoms with Gasteiger partial charge in [-0.05, 0) is 46.1 Å². The van der Waals surface area contributed by atoms with Crippen molar-refractivity contribution in [1.29, 1.82) is 5.26 Å². The Labute approximate surface area is 161 Å². The molecule has 0 fully saturated rings. The van der Waals surface area contributed by atoms with E-state index in [9.17, 15) is 4.79 Å². The zero-order valence-electron chi connectivity index (χ0n) is 13.6. The van der Waals surface area contributed by atoms with Crippen LogP contribution in [0.25, 0.3) is 0 Å². The molecule has 0 N–H and O–H groups in total. The number of nitriles is 1. The van der Waals surface area contributed by atoms with E-state index in [2.05, 4.69) is 22.0 Å². The first-order chi connectivity index (χ1) is 12.1. The van der Waals surface area contributed by atoms with Crippen molar-refractivity contribution in [1.82, 2.24) is 4.90 Å². The number of ether oxygens (including phenoxy) is 1. The van der Waals surface area contributed by atoms with Crippen molar-refractivity contribution in [3.8, 4) is 11.8 Å². The molecule has 0 bridgehead atoms. The first-order valence-corrected chi connectivity index (χ1v) is 9.03. The average Bonchev–Trinajstić information content (AvgIpc) is 2.61. The van der Waals surface area contributed by atoms with Crippen LogP contribution in [-0.2, 0) is 11.2 Å². The molecule has 0 saturated carbocycles. The lowest BCUT2D eigenvalue weighted by atomic mass is 10.1. The van der Waals surface area contributed by atoms with Gasteiger partial charge in [-0.2, -0.15) is 5.26 Å². The maximum atomic E-state index is 12.5. The van der Waals surface area contributed by atoms with Crippen molar-refractivity contribution in [3.63, 3.8) is 0 Å². The van der Waals surface area contributed by atoms with Crippen molar-refractivity contribution >= 4 is 33.4 Å². The highest BCUT2D eigenvalue weighted by Gasteiger charge is 2.15. The highest BCUT2D eigenvalue weighted by atomic mass is 79.9. The van der Waals surface area contributed by atoms with Crippen LogP contribution in [-0.4, -0.2) is 30.5 Å². The molecular weight excluding hydrogens is 404 g/mol. The minimum Gasteiger partial charge on any atom is -0.483 e. The second-order valence-corrected chi connectivity index (χ2v) is 6.68. The standard InChI is InChI=1S/C19H18BrClN2O2/c20-17-13-16(21)7-8-18(17)25-14-19(24)23(11-4-10-22)12-9-15-5-2-1-3-6-15/h1-3,5-8,13H,4,9,11-12,14H2. The van der Waals surface area contributed by atoms with E-state index >= 15 is 0 Å². The van der Waals surface area contributed by atoms with Gasteiger partial charge in [0.1, 0.15) is 5.75 Å². The first kappa shape index (κ1) is 19.3. The summed E-state index contributed by atoms with van der Waals surface area (Å²) in [6, 6.07) is 17.2. The van der Waals surface area contributed by atoms with Gasteiger partial charge in [-0.25, -0.2) is 0 Å². The molecule has 2 aromatic carbocycles. The molecule has 2 rings (SSSR count). The lowest BCUT2D eigenvalue weighted by Gasteiger charge is -2.22. The summed E-state index contributed by atoms with van der Waals surface area (Å²) in [7, 11) is 0. The molecule has 0 spiro atoms. The molecular formula is C19H18BrClN2O2. The van der Waals surface area contributed by atoms with Gasteiger partial charge in [-0.3, -0.25) is 4.79 Å². The van der Waals surface area contributed by atoms with Crippen molar-refractivity contribution in [3.05, 3.63) is 63.6 Å². The molecule has 1 amide bonds. The normalized spacial score (nSPS) is 10.1. The predicted molar refractivity (Wildman–Crippen MR) is 102 cm³/mol. The summed E-state index contributed by atoms with van der Waals surface area (Å²) in [6.07, 6.45) is 1.04. The maximum Gasteiger partial charge on any atom is 0.260 e. The summed E-state index contributed by atoms with van der Waals surface area (Å²) in [5, 5.41) is 9.40. The number of benzene rings is 2. The number of hydrogen-bond donors (Lipinski definition) is 0. The number of halogens is 2. The first-order valence-electron chi connectivity index (χ1n) is 7.86. The highest BCUT2D eigenvalue weighted by Crippen LogP contribution is 2.27. The van der Waals surface area contributed by atoms with Gasteiger partial charge in [-0.1, -0.05) is 41.9 Å². The number of hydrogen-bond acceptors (Lipinski definition) is 3. The molecule has 6 heteroatoms. The summed E-state index contributed by atoms with van der Waals surface area (Å²) in [4.78, 5) is 14.1. The summed E-state index contributed by atoms with van der Waals surface area (Å²) < 4.78 is 6.28. The lowest BCUT2D eigenvalue weighted by molar-refractivity contribution is -0.133. The Kier molecular flexibility index (Phi) is 7.77. The minimum atomic E-state index is -0.145. The summed E-state index contributed by atoms with van der Waals surface area (Å²) in [5.74, 6) is 0.411. The molecule has 0 aliphatic carbocycles. The monoisotopic (exact) mass is 420 g/mol. The van der Waals surface area contributed by atoms with E-state index in [-0.39, 0.29) is 12.5 Å². The van der Waals surface area contributed by atoms with Crippen LogP contribution in [0.2, 0.25) is 5.02 Å². The van der Waals surface area contributed by atoms with Crippen molar-refractivity contribution < 1.29 is 9.53 Å². The molecule has 0 atom stereocenters. The van der Waals surface area contributed by atoms with E-state index in [4.69, 9.17) is 21.6 Å². The van der Waals surface area contributed by atoms with E-state index in [0.29, 0.717) is 34.8 Å². The van der Waals surface area contributed by atoms with Crippen molar-refractivity contribution in [2.45, 2.75) is 12.8 Å². The van der Waals surface area contributed by atoms with E-state index in [0.717, 1.165) is 12.0 Å². The Morgan fingerprint density at radius 1 is 1.20 bits per heavy atom. The number of nitrogens with zero attached hydrogens (tertiary/aromatic N) is 2. The maximum absolute atomic E-state index is 12.5. The van der Waals surface area contributed by atoms with Crippen LogP contribution >= 0.6 is 27.5 Å². The molecule has 0 unspecified atom stereocenters. The summed E-state index contributed by atoms with van der Waals surface area (Å²) in [6.45, 7) is 0.865. The summed E-state index contributed by atoms with van der Waals surface area (Å²) in [5.41, 5.74) is 1.15. The van der Waals surface area contributed by atoms with Gasteiger partial charge in [0, 0.05) is 18.1 Å². The van der Waals surface area contributed by atoms with E-state index < -0.39 is 0 Å². The Bertz CT molecular complexity index is 747. The molecule has 2 aromatic rings. The van der Waals surface area contributed by atoms with Gasteiger partial charge in [0.2, 0.25) is 0 Å². The van der Waals surface area contributed by atoms with Crippen LogP contribution in [0.4, 0.5) is 0 Å². The van der Waals surface area contributed by atoms with E-state index in [1.54, 1.807) is 23.1 Å².